The maximum Gasteiger partial charge on any atom is 0.355 e. The van der Waals surface area contributed by atoms with E-state index in [4.69, 9.17) is 16.3 Å². The van der Waals surface area contributed by atoms with Gasteiger partial charge in [0.25, 0.3) is 5.91 Å². The molecule has 4 aromatic rings. The summed E-state index contributed by atoms with van der Waals surface area (Å²) in [5, 5.41) is 4.43. The fraction of sp³-hybridized carbons (Fsp3) is 0.0800. The third-order valence-electron chi connectivity index (χ3n) is 5.20. The average Bonchev–Trinajstić information content (AvgIpc) is 2.83. The van der Waals surface area contributed by atoms with E-state index in [1.807, 2.05) is 36.4 Å². The molecule has 0 aliphatic rings. The molecule has 1 unspecified atom stereocenters. The average molecular weight is 479 g/mol. The molecule has 1 amide bonds. The number of halogens is 1. The number of esters is 1. The van der Waals surface area contributed by atoms with Crippen molar-refractivity contribution in [3.63, 3.8) is 0 Å². The van der Waals surface area contributed by atoms with Crippen molar-refractivity contribution in [3.8, 4) is 5.69 Å². The van der Waals surface area contributed by atoms with Crippen molar-refractivity contribution in [1.29, 1.82) is 0 Å². The number of pyridine rings is 1. The third-order valence-corrected chi connectivity index (χ3v) is 5.79. The van der Waals surface area contributed by atoms with Gasteiger partial charge in [-0.2, -0.15) is 0 Å². The van der Waals surface area contributed by atoms with Gasteiger partial charge < -0.3 is 14.6 Å². The summed E-state index contributed by atoms with van der Waals surface area (Å²) < 4.78 is 6.74. The number of para-hydroxylation sites is 1. The highest BCUT2D eigenvalue weighted by Crippen LogP contribution is 2.23. The third kappa shape index (κ3) is 4.54. The predicted octanol–water partition coefficient (Wildman–Crippen LogP) is 3.86. The van der Waals surface area contributed by atoms with Crippen LogP contribution in [-0.2, 0) is 11.3 Å². The van der Waals surface area contributed by atoms with Crippen molar-refractivity contribution >= 4 is 48.9 Å². The van der Waals surface area contributed by atoms with Crippen LogP contribution in [0.3, 0.4) is 0 Å². The summed E-state index contributed by atoms with van der Waals surface area (Å²) in [4.78, 5) is 39.1. The van der Waals surface area contributed by atoms with Crippen molar-refractivity contribution in [2.75, 3.05) is 7.11 Å². The summed E-state index contributed by atoms with van der Waals surface area (Å²) in [5.41, 5.74) is 1.42. The minimum atomic E-state index is -0.681. The first-order chi connectivity index (χ1) is 15.9. The first-order valence-corrected chi connectivity index (χ1v) is 11.0. The molecule has 8 heteroatoms. The molecule has 4 rings (SSSR count). The molecule has 1 heterocycles. The Hall–Kier alpha value is -3.47. The standard InChI is InChI=1S/C25H20ClN2O4P/c1-32-25(31)22-20(14-27-24(30)15-6-5-7-16(26)12-15)23(29)19-11-10-18(33)13-21(19)28(22)17-8-3-2-4-9-17/h2-13H,14,33H2,1H3,(H,27,30). The van der Waals surface area contributed by atoms with E-state index in [0.29, 0.717) is 27.2 Å². The van der Waals surface area contributed by atoms with Gasteiger partial charge in [0.15, 0.2) is 5.43 Å². The molecule has 1 aromatic heterocycles. The van der Waals surface area contributed by atoms with Gasteiger partial charge in [0.2, 0.25) is 0 Å². The molecular weight excluding hydrogens is 459 g/mol. The number of aromatic nitrogens is 1. The van der Waals surface area contributed by atoms with Crippen LogP contribution in [0, 0.1) is 0 Å². The molecule has 33 heavy (non-hydrogen) atoms. The monoisotopic (exact) mass is 478 g/mol. The number of nitrogens with one attached hydrogen (secondary N) is 1. The first-order valence-electron chi connectivity index (χ1n) is 10.1. The van der Waals surface area contributed by atoms with Crippen LogP contribution in [0.5, 0.6) is 0 Å². The van der Waals surface area contributed by atoms with Crippen LogP contribution in [0.25, 0.3) is 16.6 Å². The molecule has 0 radical (unpaired) electrons. The quantitative estimate of drug-likeness (QED) is 0.349. The lowest BCUT2D eigenvalue weighted by molar-refractivity contribution is 0.0589. The number of methoxy groups -OCH3 is 1. The Morgan fingerprint density at radius 3 is 2.48 bits per heavy atom. The van der Waals surface area contributed by atoms with E-state index in [9.17, 15) is 14.4 Å². The van der Waals surface area contributed by atoms with E-state index >= 15 is 0 Å². The van der Waals surface area contributed by atoms with Crippen LogP contribution in [0.4, 0.5) is 0 Å². The topological polar surface area (TPSA) is 77.4 Å². The summed E-state index contributed by atoms with van der Waals surface area (Å²) in [6.07, 6.45) is 0. The SMILES string of the molecule is COC(=O)c1c(CNC(=O)c2cccc(Cl)c2)c(=O)c2ccc(P)cc2n1-c1ccccc1. The molecule has 166 valence electrons. The number of benzene rings is 3. The van der Waals surface area contributed by atoms with Gasteiger partial charge in [-0.15, -0.1) is 9.24 Å². The molecule has 1 atom stereocenters. The normalized spacial score (nSPS) is 10.8. The summed E-state index contributed by atoms with van der Waals surface area (Å²) in [5.74, 6) is -1.10. The number of carbonyl (C=O) groups excluding carboxylic acids is 2. The number of rotatable bonds is 5. The number of nitrogens with zero attached hydrogens (tertiary/aromatic N) is 1. The number of amides is 1. The minimum absolute atomic E-state index is 0.0585. The Morgan fingerprint density at radius 2 is 1.79 bits per heavy atom. The van der Waals surface area contributed by atoms with E-state index in [1.54, 1.807) is 34.9 Å². The van der Waals surface area contributed by atoms with E-state index in [2.05, 4.69) is 14.6 Å². The van der Waals surface area contributed by atoms with Crippen LogP contribution in [0.2, 0.25) is 5.02 Å². The van der Waals surface area contributed by atoms with Crippen LogP contribution in [0.15, 0.2) is 77.6 Å². The molecule has 1 N–H and O–H groups in total. The lowest BCUT2D eigenvalue weighted by atomic mass is 10.1. The zero-order chi connectivity index (χ0) is 23.5. The van der Waals surface area contributed by atoms with Crippen molar-refractivity contribution in [2.45, 2.75) is 6.54 Å². The largest absolute Gasteiger partial charge is 0.464 e. The zero-order valence-corrected chi connectivity index (χ0v) is 19.6. The Balaban J connectivity index is 1.93. The summed E-state index contributed by atoms with van der Waals surface area (Å²) in [6, 6.07) is 21.0. The number of fused-ring (bicyclic) bond motifs is 1. The minimum Gasteiger partial charge on any atom is -0.464 e. The van der Waals surface area contributed by atoms with Crippen LogP contribution in [-0.4, -0.2) is 23.6 Å². The Morgan fingerprint density at radius 1 is 1.03 bits per heavy atom. The molecule has 0 bridgehead atoms. The lowest BCUT2D eigenvalue weighted by Gasteiger charge is -2.20. The van der Waals surface area contributed by atoms with Gasteiger partial charge >= 0.3 is 5.97 Å². The zero-order valence-electron chi connectivity index (χ0n) is 17.7. The molecule has 0 saturated heterocycles. The number of ether oxygens (including phenoxy) is 1. The van der Waals surface area contributed by atoms with Crippen LogP contribution < -0.4 is 16.1 Å². The van der Waals surface area contributed by atoms with Gasteiger partial charge in [0.05, 0.1) is 18.2 Å². The molecule has 3 aromatic carbocycles. The molecule has 0 aliphatic carbocycles. The predicted molar refractivity (Wildman–Crippen MR) is 133 cm³/mol. The van der Waals surface area contributed by atoms with E-state index in [-0.39, 0.29) is 23.2 Å². The smallest absolute Gasteiger partial charge is 0.355 e. The highest BCUT2D eigenvalue weighted by molar-refractivity contribution is 7.27. The highest BCUT2D eigenvalue weighted by atomic mass is 35.5. The van der Waals surface area contributed by atoms with Crippen LogP contribution in [0.1, 0.15) is 26.4 Å². The maximum absolute atomic E-state index is 13.5. The highest BCUT2D eigenvalue weighted by Gasteiger charge is 2.24. The molecule has 0 aliphatic heterocycles. The molecule has 0 fully saturated rings. The lowest BCUT2D eigenvalue weighted by Crippen LogP contribution is -2.31. The number of hydrogen-bond donors (Lipinski definition) is 1. The van der Waals surface area contributed by atoms with Gasteiger partial charge in [-0.1, -0.05) is 41.9 Å². The second kappa shape index (κ2) is 9.57. The van der Waals surface area contributed by atoms with E-state index in [1.165, 1.54) is 13.2 Å². The van der Waals surface area contributed by atoms with Crippen molar-refractivity contribution in [3.05, 3.63) is 105 Å². The number of carbonyl (C=O) groups is 2. The van der Waals surface area contributed by atoms with Crippen molar-refractivity contribution in [1.82, 2.24) is 9.88 Å². The van der Waals surface area contributed by atoms with Gasteiger partial charge in [-0.05, 0) is 47.8 Å². The number of hydrogen-bond acceptors (Lipinski definition) is 4. The second-order valence-electron chi connectivity index (χ2n) is 7.29. The Kier molecular flexibility index (Phi) is 6.59. The van der Waals surface area contributed by atoms with E-state index in [0.717, 1.165) is 5.30 Å². The second-order valence-corrected chi connectivity index (χ2v) is 8.39. The van der Waals surface area contributed by atoms with Gasteiger partial charge in [0, 0.05) is 28.2 Å². The summed E-state index contributed by atoms with van der Waals surface area (Å²) >= 11 is 5.99. The van der Waals surface area contributed by atoms with Gasteiger partial charge in [-0.3, -0.25) is 9.59 Å². The molecule has 0 saturated carbocycles. The molecule has 6 nitrogen and oxygen atoms in total. The molecule has 0 spiro atoms. The maximum atomic E-state index is 13.5. The summed E-state index contributed by atoms with van der Waals surface area (Å²) in [6.45, 7) is -0.167. The van der Waals surface area contributed by atoms with E-state index < -0.39 is 11.9 Å². The Labute approximate surface area is 197 Å². The summed E-state index contributed by atoms with van der Waals surface area (Å²) in [7, 11) is 3.85. The molecular formula is C25H20ClN2O4P. The van der Waals surface area contributed by atoms with Crippen molar-refractivity contribution in [2.24, 2.45) is 0 Å². The first kappa shape index (κ1) is 22.7. The fourth-order valence-corrected chi connectivity index (χ4v) is 4.12. The van der Waals surface area contributed by atoms with Crippen molar-refractivity contribution < 1.29 is 14.3 Å². The van der Waals surface area contributed by atoms with Gasteiger partial charge in [0.1, 0.15) is 5.69 Å². The Bertz CT molecular complexity index is 1430. The van der Waals surface area contributed by atoms with Gasteiger partial charge in [-0.25, -0.2) is 4.79 Å². The fourth-order valence-electron chi connectivity index (χ4n) is 3.67. The van der Waals surface area contributed by atoms with Crippen LogP contribution >= 0.6 is 20.8 Å².